The number of aliphatic imine (C=N–C) groups is 1. The van der Waals surface area contributed by atoms with Gasteiger partial charge in [-0.1, -0.05) is 19.9 Å². The zero-order valence-corrected chi connectivity index (χ0v) is 18.7. The lowest BCUT2D eigenvalue weighted by atomic mass is 10.0. The van der Waals surface area contributed by atoms with Crippen LogP contribution in [0, 0.1) is 19.8 Å². The molecule has 2 aromatic heterocycles. The minimum absolute atomic E-state index is 0.265. The first-order valence-electron chi connectivity index (χ1n) is 10.6. The van der Waals surface area contributed by atoms with Crippen LogP contribution in [0.15, 0.2) is 29.4 Å². The van der Waals surface area contributed by atoms with Crippen LogP contribution >= 0.6 is 0 Å². The van der Waals surface area contributed by atoms with Gasteiger partial charge in [0.1, 0.15) is 0 Å². The first-order chi connectivity index (χ1) is 13.9. The van der Waals surface area contributed by atoms with Gasteiger partial charge in [0.25, 0.3) is 0 Å². The molecule has 0 aliphatic carbocycles. The summed E-state index contributed by atoms with van der Waals surface area (Å²) < 4.78 is 7.68. The molecule has 0 amide bonds. The van der Waals surface area contributed by atoms with E-state index in [2.05, 4.69) is 52.5 Å². The Labute approximate surface area is 175 Å². The molecule has 7 nitrogen and oxygen atoms in total. The second kappa shape index (κ2) is 11.6. The Bertz CT molecular complexity index is 766. The zero-order valence-electron chi connectivity index (χ0n) is 18.7. The molecule has 0 spiro atoms. The first-order valence-corrected chi connectivity index (χ1v) is 10.6. The predicted octanol–water partition coefficient (Wildman–Crippen LogP) is 3.39. The predicted molar refractivity (Wildman–Crippen MR) is 119 cm³/mol. The molecule has 2 rings (SSSR count). The molecule has 7 heteroatoms. The molecular weight excluding hydrogens is 364 g/mol. The first kappa shape index (κ1) is 22.9. The normalized spacial score (nSPS) is 13.0. The maximum atomic E-state index is 5.82. The van der Waals surface area contributed by atoms with E-state index >= 15 is 0 Å². The molecule has 0 aliphatic rings. The van der Waals surface area contributed by atoms with Gasteiger partial charge in [-0.2, -0.15) is 5.10 Å². The molecule has 2 aromatic rings. The Morgan fingerprint density at radius 1 is 1.21 bits per heavy atom. The van der Waals surface area contributed by atoms with E-state index in [1.54, 1.807) is 0 Å². The van der Waals surface area contributed by atoms with Crippen LogP contribution < -0.4 is 10.6 Å². The summed E-state index contributed by atoms with van der Waals surface area (Å²) in [7, 11) is 0. The quantitative estimate of drug-likeness (QED) is 0.472. The smallest absolute Gasteiger partial charge is 0.191 e. The molecule has 29 heavy (non-hydrogen) atoms. The van der Waals surface area contributed by atoms with Gasteiger partial charge in [0.2, 0.25) is 0 Å². The Hall–Kier alpha value is -2.41. The van der Waals surface area contributed by atoms with Crippen LogP contribution in [0.1, 0.15) is 51.1 Å². The van der Waals surface area contributed by atoms with Gasteiger partial charge >= 0.3 is 0 Å². The molecule has 160 valence electrons. The van der Waals surface area contributed by atoms with E-state index in [1.165, 1.54) is 0 Å². The monoisotopic (exact) mass is 400 g/mol. The summed E-state index contributed by atoms with van der Waals surface area (Å²) in [6.45, 7) is 15.5. The number of hydrogen-bond acceptors (Lipinski definition) is 4. The Kier molecular flexibility index (Phi) is 9.12. The number of ether oxygens (including phenoxy) is 1. The largest absolute Gasteiger partial charge is 0.378 e. The summed E-state index contributed by atoms with van der Waals surface area (Å²) in [5, 5.41) is 11.2. The maximum absolute atomic E-state index is 5.82. The highest BCUT2D eigenvalue weighted by Crippen LogP contribution is 2.11. The van der Waals surface area contributed by atoms with E-state index < -0.39 is 0 Å². The Morgan fingerprint density at radius 3 is 2.55 bits per heavy atom. The SMILES string of the molecule is CCNC(=NCc1ccc(-n2nc(C)cc2C)nc1)NCCC(OCC)C(C)C. The number of rotatable bonds is 10. The van der Waals surface area contributed by atoms with Crippen molar-refractivity contribution < 1.29 is 4.74 Å². The molecule has 0 bridgehead atoms. The van der Waals surface area contributed by atoms with Gasteiger partial charge in [-0.15, -0.1) is 0 Å². The van der Waals surface area contributed by atoms with Crippen molar-refractivity contribution in [2.24, 2.45) is 10.9 Å². The van der Waals surface area contributed by atoms with E-state index in [9.17, 15) is 0 Å². The highest BCUT2D eigenvalue weighted by atomic mass is 16.5. The minimum atomic E-state index is 0.265. The van der Waals surface area contributed by atoms with Crippen molar-refractivity contribution in [3.8, 4) is 5.82 Å². The molecule has 1 unspecified atom stereocenters. The van der Waals surface area contributed by atoms with Crippen molar-refractivity contribution >= 4 is 5.96 Å². The van der Waals surface area contributed by atoms with Gasteiger partial charge in [-0.25, -0.2) is 14.7 Å². The molecule has 0 radical (unpaired) electrons. The van der Waals surface area contributed by atoms with Crippen LogP contribution in [0.2, 0.25) is 0 Å². The lowest BCUT2D eigenvalue weighted by molar-refractivity contribution is 0.0258. The third-order valence-electron chi connectivity index (χ3n) is 4.65. The summed E-state index contributed by atoms with van der Waals surface area (Å²) in [4.78, 5) is 9.23. The fraction of sp³-hybridized carbons (Fsp3) is 0.591. The summed E-state index contributed by atoms with van der Waals surface area (Å²) in [6, 6.07) is 6.08. The molecule has 2 heterocycles. The van der Waals surface area contributed by atoms with Gasteiger partial charge in [-0.3, -0.25) is 0 Å². The number of aryl methyl sites for hydroxylation is 2. The van der Waals surface area contributed by atoms with E-state index in [4.69, 9.17) is 4.74 Å². The average molecular weight is 401 g/mol. The number of guanidine groups is 1. The lowest BCUT2D eigenvalue weighted by Crippen LogP contribution is -2.39. The van der Waals surface area contributed by atoms with Crippen molar-refractivity contribution in [1.29, 1.82) is 0 Å². The standard InChI is InChI=1S/C22H36N6O/c1-7-23-22(24-12-11-20(16(3)4)29-8-2)26-15-19-9-10-21(25-14-19)28-18(6)13-17(5)27-28/h9-10,13-14,16,20H,7-8,11-12,15H2,1-6H3,(H2,23,24,26). The van der Waals surface area contributed by atoms with Crippen LogP contribution in [0.3, 0.4) is 0 Å². The molecule has 1 atom stereocenters. The van der Waals surface area contributed by atoms with Gasteiger partial charge in [0, 0.05) is 31.6 Å². The topological polar surface area (TPSA) is 76.4 Å². The summed E-state index contributed by atoms with van der Waals surface area (Å²) in [5.74, 6) is 2.14. The molecule has 0 aromatic carbocycles. The van der Waals surface area contributed by atoms with Crippen molar-refractivity contribution in [1.82, 2.24) is 25.4 Å². The Balaban J connectivity index is 1.94. The Morgan fingerprint density at radius 2 is 2.00 bits per heavy atom. The van der Waals surface area contributed by atoms with Crippen LogP contribution in [-0.2, 0) is 11.3 Å². The summed E-state index contributed by atoms with van der Waals surface area (Å²) in [5.41, 5.74) is 3.12. The molecule has 0 fully saturated rings. The van der Waals surface area contributed by atoms with Crippen LogP contribution in [0.4, 0.5) is 0 Å². The highest BCUT2D eigenvalue weighted by Gasteiger charge is 2.13. The molecule has 2 N–H and O–H groups in total. The van der Waals surface area contributed by atoms with Gasteiger partial charge in [0.05, 0.1) is 18.3 Å². The molecule has 0 saturated heterocycles. The fourth-order valence-corrected chi connectivity index (χ4v) is 3.16. The second-order valence-electron chi connectivity index (χ2n) is 7.51. The number of nitrogens with zero attached hydrogens (tertiary/aromatic N) is 4. The number of nitrogens with one attached hydrogen (secondary N) is 2. The third kappa shape index (κ3) is 7.16. The van der Waals surface area contributed by atoms with E-state index in [1.807, 2.05) is 43.8 Å². The summed E-state index contributed by atoms with van der Waals surface area (Å²) >= 11 is 0. The molecule has 0 aliphatic heterocycles. The number of aromatic nitrogens is 3. The van der Waals surface area contributed by atoms with Gasteiger partial charge in [-0.05, 0) is 57.7 Å². The average Bonchev–Trinajstić information content (AvgIpc) is 3.03. The van der Waals surface area contributed by atoms with Crippen molar-refractivity contribution in [3.63, 3.8) is 0 Å². The van der Waals surface area contributed by atoms with Crippen molar-refractivity contribution in [2.45, 2.75) is 60.6 Å². The lowest BCUT2D eigenvalue weighted by Gasteiger charge is -2.21. The highest BCUT2D eigenvalue weighted by molar-refractivity contribution is 5.79. The van der Waals surface area contributed by atoms with E-state index in [-0.39, 0.29) is 6.10 Å². The fourth-order valence-electron chi connectivity index (χ4n) is 3.16. The van der Waals surface area contributed by atoms with E-state index in [0.29, 0.717) is 12.5 Å². The van der Waals surface area contributed by atoms with Crippen molar-refractivity contribution in [2.75, 3.05) is 19.7 Å². The van der Waals surface area contributed by atoms with E-state index in [0.717, 1.165) is 54.8 Å². The minimum Gasteiger partial charge on any atom is -0.378 e. The number of hydrogen-bond donors (Lipinski definition) is 2. The van der Waals surface area contributed by atoms with Gasteiger partial charge in [0.15, 0.2) is 11.8 Å². The molecular formula is C22H36N6O. The van der Waals surface area contributed by atoms with Crippen molar-refractivity contribution in [3.05, 3.63) is 41.3 Å². The molecule has 0 saturated carbocycles. The summed E-state index contributed by atoms with van der Waals surface area (Å²) in [6.07, 6.45) is 3.08. The van der Waals surface area contributed by atoms with Gasteiger partial charge < -0.3 is 15.4 Å². The second-order valence-corrected chi connectivity index (χ2v) is 7.51. The van der Waals surface area contributed by atoms with Crippen LogP contribution in [-0.4, -0.2) is 46.5 Å². The van der Waals surface area contributed by atoms with Crippen LogP contribution in [0.25, 0.3) is 5.82 Å². The van der Waals surface area contributed by atoms with Crippen LogP contribution in [0.5, 0.6) is 0 Å². The maximum Gasteiger partial charge on any atom is 0.191 e. The zero-order chi connectivity index (χ0) is 21.2. The number of pyridine rings is 1. The third-order valence-corrected chi connectivity index (χ3v) is 4.65.